The first-order chi connectivity index (χ1) is 8.20. The van der Waals surface area contributed by atoms with E-state index in [-0.39, 0.29) is 12.3 Å². The summed E-state index contributed by atoms with van der Waals surface area (Å²) >= 11 is 0. The Kier molecular flexibility index (Phi) is 3.58. The summed E-state index contributed by atoms with van der Waals surface area (Å²) in [6, 6.07) is 4.56. The number of nitrogens with zero attached hydrogens (tertiary/aromatic N) is 1. The van der Waals surface area contributed by atoms with E-state index in [0.717, 1.165) is 12.8 Å². The van der Waals surface area contributed by atoms with Crippen LogP contribution in [0.4, 0.5) is 5.69 Å². The number of benzene rings is 1. The Hall–Kier alpha value is -1.62. The Morgan fingerprint density at radius 2 is 2.24 bits per heavy atom. The highest BCUT2D eigenvalue weighted by atomic mass is 16.6. The molecule has 5 nitrogen and oxygen atoms in total. The standard InChI is InChI=1S/C12H15NO4/c14-7-10-4-5-12(11(6-10)13(15)16)17-8-9-2-1-3-9/h4-6,9,14H,1-3,7-8H2. The minimum absolute atomic E-state index is 0.0733. The highest BCUT2D eigenvalue weighted by molar-refractivity contribution is 5.48. The Labute approximate surface area is 99.2 Å². The van der Waals surface area contributed by atoms with Gasteiger partial charge in [0.1, 0.15) is 0 Å². The fourth-order valence-corrected chi connectivity index (χ4v) is 1.79. The number of ether oxygens (including phenoxy) is 1. The van der Waals surface area contributed by atoms with Crippen LogP contribution in [0.5, 0.6) is 5.75 Å². The first-order valence-corrected chi connectivity index (χ1v) is 5.71. The molecule has 1 saturated carbocycles. The van der Waals surface area contributed by atoms with Gasteiger partial charge in [-0.1, -0.05) is 12.5 Å². The summed E-state index contributed by atoms with van der Waals surface area (Å²) in [5.74, 6) is 0.825. The molecular formula is C12H15NO4. The highest BCUT2D eigenvalue weighted by Crippen LogP contribution is 2.31. The molecule has 1 N–H and O–H groups in total. The van der Waals surface area contributed by atoms with Gasteiger partial charge in [-0.3, -0.25) is 10.1 Å². The zero-order valence-electron chi connectivity index (χ0n) is 9.46. The van der Waals surface area contributed by atoms with Crippen LogP contribution in [0, 0.1) is 16.0 Å². The molecule has 1 aromatic rings. The summed E-state index contributed by atoms with van der Waals surface area (Å²) in [7, 11) is 0. The van der Waals surface area contributed by atoms with Crippen LogP contribution < -0.4 is 4.74 Å². The third kappa shape index (κ3) is 2.74. The molecule has 0 radical (unpaired) electrons. The lowest BCUT2D eigenvalue weighted by Gasteiger charge is -2.25. The van der Waals surface area contributed by atoms with Crippen LogP contribution in [-0.2, 0) is 6.61 Å². The van der Waals surface area contributed by atoms with Crippen molar-refractivity contribution in [3.8, 4) is 5.75 Å². The smallest absolute Gasteiger partial charge is 0.311 e. The van der Waals surface area contributed by atoms with Crippen LogP contribution in [0.25, 0.3) is 0 Å². The van der Waals surface area contributed by atoms with Gasteiger partial charge >= 0.3 is 5.69 Å². The molecular weight excluding hydrogens is 222 g/mol. The van der Waals surface area contributed by atoms with E-state index in [1.165, 1.54) is 12.5 Å². The number of aliphatic hydroxyl groups excluding tert-OH is 1. The zero-order valence-corrected chi connectivity index (χ0v) is 9.46. The number of hydrogen-bond donors (Lipinski definition) is 1. The average molecular weight is 237 g/mol. The van der Waals surface area contributed by atoms with E-state index in [0.29, 0.717) is 23.8 Å². The third-order valence-electron chi connectivity index (χ3n) is 3.10. The molecule has 0 aliphatic heterocycles. The largest absolute Gasteiger partial charge is 0.487 e. The maximum Gasteiger partial charge on any atom is 0.311 e. The van der Waals surface area contributed by atoms with Gasteiger partial charge in [-0.15, -0.1) is 0 Å². The van der Waals surface area contributed by atoms with Crippen LogP contribution in [-0.4, -0.2) is 16.6 Å². The van der Waals surface area contributed by atoms with Gasteiger partial charge < -0.3 is 9.84 Å². The quantitative estimate of drug-likeness (QED) is 0.629. The molecule has 1 fully saturated rings. The molecule has 2 rings (SSSR count). The fourth-order valence-electron chi connectivity index (χ4n) is 1.79. The van der Waals surface area contributed by atoms with Crippen LogP contribution in [0.15, 0.2) is 18.2 Å². The Morgan fingerprint density at radius 1 is 1.47 bits per heavy atom. The number of hydrogen-bond acceptors (Lipinski definition) is 4. The molecule has 0 spiro atoms. The molecule has 0 atom stereocenters. The molecule has 1 aliphatic rings. The van der Waals surface area contributed by atoms with Gasteiger partial charge in [0, 0.05) is 6.07 Å². The lowest BCUT2D eigenvalue weighted by molar-refractivity contribution is -0.386. The summed E-state index contributed by atoms with van der Waals surface area (Å²) in [5, 5.41) is 19.8. The first-order valence-electron chi connectivity index (χ1n) is 5.71. The molecule has 17 heavy (non-hydrogen) atoms. The lowest BCUT2D eigenvalue weighted by Crippen LogP contribution is -2.19. The van der Waals surface area contributed by atoms with Crippen molar-refractivity contribution in [2.45, 2.75) is 25.9 Å². The van der Waals surface area contributed by atoms with Gasteiger partial charge in [0.15, 0.2) is 5.75 Å². The second-order valence-electron chi connectivity index (χ2n) is 4.33. The predicted molar refractivity (Wildman–Crippen MR) is 61.9 cm³/mol. The third-order valence-corrected chi connectivity index (χ3v) is 3.10. The van der Waals surface area contributed by atoms with E-state index < -0.39 is 4.92 Å². The first kappa shape index (κ1) is 11.9. The van der Waals surface area contributed by atoms with E-state index >= 15 is 0 Å². The summed E-state index contributed by atoms with van der Waals surface area (Å²) in [5.41, 5.74) is 0.448. The lowest BCUT2D eigenvalue weighted by atomic mass is 9.86. The molecule has 92 valence electrons. The normalized spacial score (nSPS) is 15.4. The second kappa shape index (κ2) is 5.14. The molecule has 1 aliphatic carbocycles. The molecule has 0 bridgehead atoms. The van der Waals surface area contributed by atoms with Crippen LogP contribution in [0.2, 0.25) is 0 Å². The van der Waals surface area contributed by atoms with Gasteiger partial charge in [-0.25, -0.2) is 0 Å². The van der Waals surface area contributed by atoms with Gasteiger partial charge in [0.05, 0.1) is 18.1 Å². The minimum atomic E-state index is -0.477. The van der Waals surface area contributed by atoms with Crippen LogP contribution >= 0.6 is 0 Å². The SMILES string of the molecule is O=[N+]([O-])c1cc(CO)ccc1OCC1CCC1. The van der Waals surface area contributed by atoms with Crippen molar-refractivity contribution in [3.05, 3.63) is 33.9 Å². The number of aliphatic hydroxyl groups is 1. The molecule has 0 saturated heterocycles. The predicted octanol–water partition coefficient (Wildman–Crippen LogP) is 2.27. The summed E-state index contributed by atoms with van der Waals surface area (Å²) in [4.78, 5) is 10.4. The monoisotopic (exact) mass is 237 g/mol. The number of nitro benzene ring substituents is 1. The van der Waals surface area contributed by atoms with Crippen LogP contribution in [0.1, 0.15) is 24.8 Å². The van der Waals surface area contributed by atoms with Gasteiger partial charge in [-0.05, 0) is 30.4 Å². The van der Waals surface area contributed by atoms with Gasteiger partial charge in [0.25, 0.3) is 0 Å². The second-order valence-corrected chi connectivity index (χ2v) is 4.33. The van der Waals surface area contributed by atoms with Crippen molar-refractivity contribution in [3.63, 3.8) is 0 Å². The topological polar surface area (TPSA) is 72.6 Å². The maximum atomic E-state index is 10.9. The van der Waals surface area contributed by atoms with Gasteiger partial charge in [0.2, 0.25) is 0 Å². The number of nitro groups is 1. The van der Waals surface area contributed by atoms with Crippen LogP contribution in [0.3, 0.4) is 0 Å². The van der Waals surface area contributed by atoms with E-state index in [2.05, 4.69) is 0 Å². The van der Waals surface area contributed by atoms with E-state index in [1.807, 2.05) is 0 Å². The van der Waals surface area contributed by atoms with E-state index in [4.69, 9.17) is 9.84 Å². The Bertz CT molecular complexity index is 415. The zero-order chi connectivity index (χ0) is 12.3. The molecule has 5 heteroatoms. The molecule has 0 aromatic heterocycles. The van der Waals surface area contributed by atoms with E-state index in [1.54, 1.807) is 12.1 Å². The summed E-state index contributed by atoms with van der Waals surface area (Å²) < 4.78 is 5.48. The molecule has 0 amide bonds. The minimum Gasteiger partial charge on any atom is -0.487 e. The fraction of sp³-hybridized carbons (Fsp3) is 0.500. The Morgan fingerprint density at radius 3 is 2.76 bits per heavy atom. The molecule has 0 heterocycles. The van der Waals surface area contributed by atoms with Crippen molar-refractivity contribution >= 4 is 5.69 Å². The number of rotatable bonds is 5. The molecule has 1 aromatic carbocycles. The van der Waals surface area contributed by atoms with Crippen molar-refractivity contribution in [2.24, 2.45) is 5.92 Å². The maximum absolute atomic E-state index is 10.9. The summed E-state index contributed by atoms with van der Waals surface area (Å²) in [6.45, 7) is 0.336. The van der Waals surface area contributed by atoms with Crippen molar-refractivity contribution < 1.29 is 14.8 Å². The van der Waals surface area contributed by atoms with Crippen molar-refractivity contribution in [1.82, 2.24) is 0 Å². The summed E-state index contributed by atoms with van der Waals surface area (Å²) in [6.07, 6.45) is 3.50. The van der Waals surface area contributed by atoms with E-state index in [9.17, 15) is 10.1 Å². The average Bonchev–Trinajstić information content (AvgIpc) is 2.27. The van der Waals surface area contributed by atoms with Crippen molar-refractivity contribution in [2.75, 3.05) is 6.61 Å². The Balaban J connectivity index is 2.10. The molecule has 0 unspecified atom stereocenters. The van der Waals surface area contributed by atoms with Crippen molar-refractivity contribution in [1.29, 1.82) is 0 Å². The van der Waals surface area contributed by atoms with Gasteiger partial charge in [-0.2, -0.15) is 0 Å². The highest BCUT2D eigenvalue weighted by Gasteiger charge is 2.21.